The van der Waals surface area contributed by atoms with Crippen LogP contribution in [0.5, 0.6) is 0 Å². The van der Waals surface area contributed by atoms with Gasteiger partial charge in [0.1, 0.15) is 6.10 Å². The Hall–Kier alpha value is -0.410. The Balaban J connectivity index is 2.66. The van der Waals surface area contributed by atoms with E-state index in [4.69, 9.17) is 9.47 Å². The normalized spacial score (nSPS) is 28.6. The van der Waals surface area contributed by atoms with Crippen molar-refractivity contribution in [3.8, 4) is 0 Å². The minimum atomic E-state index is -0.624. The molecule has 0 radical (unpaired) electrons. The lowest BCUT2D eigenvalue weighted by atomic mass is 9.97. The van der Waals surface area contributed by atoms with Crippen LogP contribution in [-0.4, -0.2) is 23.8 Å². The molecule has 16 heavy (non-hydrogen) atoms. The molecule has 3 nitrogen and oxygen atoms in total. The van der Waals surface area contributed by atoms with E-state index in [-0.39, 0.29) is 18.0 Å². The lowest BCUT2D eigenvalue weighted by Gasteiger charge is -2.19. The van der Waals surface area contributed by atoms with Gasteiger partial charge in [-0.15, -0.1) is 0 Å². The van der Waals surface area contributed by atoms with E-state index >= 15 is 0 Å². The second kappa shape index (κ2) is 5.28. The van der Waals surface area contributed by atoms with Crippen LogP contribution < -0.4 is 0 Å². The lowest BCUT2D eigenvalue weighted by Crippen LogP contribution is -2.34. The molecule has 1 fully saturated rings. The largest absolute Gasteiger partial charge is 0.344 e. The fourth-order valence-corrected chi connectivity index (χ4v) is 2.02. The molecule has 94 valence electrons. The summed E-state index contributed by atoms with van der Waals surface area (Å²) in [6, 6.07) is 0. The average Bonchev–Trinajstić information content (AvgIpc) is 2.51. The van der Waals surface area contributed by atoms with Gasteiger partial charge in [-0.25, -0.2) is 0 Å². The van der Waals surface area contributed by atoms with Crippen LogP contribution in [0.1, 0.15) is 53.9 Å². The molecule has 0 unspecified atom stereocenters. The van der Waals surface area contributed by atoms with Gasteiger partial charge in [-0.05, 0) is 26.2 Å². The van der Waals surface area contributed by atoms with Crippen LogP contribution in [0.25, 0.3) is 0 Å². The zero-order chi connectivity index (χ0) is 12.3. The van der Waals surface area contributed by atoms with Crippen molar-refractivity contribution in [2.45, 2.75) is 71.9 Å². The Kier molecular flexibility index (Phi) is 4.51. The van der Waals surface area contributed by atoms with Gasteiger partial charge in [0.05, 0.1) is 6.10 Å². The molecule has 0 saturated carbocycles. The van der Waals surface area contributed by atoms with Crippen molar-refractivity contribution < 1.29 is 14.3 Å². The number of Topliss-reactive ketones (excluding diaryl/α,β-unsaturated/α-hetero) is 1. The predicted molar refractivity (Wildman–Crippen MR) is 63.2 cm³/mol. The average molecular weight is 228 g/mol. The molecule has 0 aromatic carbocycles. The number of rotatable bonds is 5. The molecule has 0 bridgehead atoms. The Morgan fingerprint density at radius 1 is 1.31 bits per heavy atom. The van der Waals surface area contributed by atoms with Crippen molar-refractivity contribution in [2.75, 3.05) is 0 Å². The Labute approximate surface area is 98.5 Å². The third-order valence-corrected chi connectivity index (χ3v) is 2.88. The summed E-state index contributed by atoms with van der Waals surface area (Å²) in [6.45, 7) is 9.96. The highest BCUT2D eigenvalue weighted by Gasteiger charge is 2.45. The fourth-order valence-electron chi connectivity index (χ4n) is 2.02. The van der Waals surface area contributed by atoms with E-state index in [1.807, 2.05) is 13.8 Å². The predicted octanol–water partition coefficient (Wildman–Crippen LogP) is 2.92. The number of hydrogen-bond donors (Lipinski definition) is 0. The summed E-state index contributed by atoms with van der Waals surface area (Å²) in [7, 11) is 0. The third-order valence-electron chi connectivity index (χ3n) is 2.88. The van der Waals surface area contributed by atoms with E-state index in [1.54, 1.807) is 0 Å². The topological polar surface area (TPSA) is 35.5 Å². The van der Waals surface area contributed by atoms with Crippen molar-refractivity contribution in [1.82, 2.24) is 0 Å². The van der Waals surface area contributed by atoms with Gasteiger partial charge in [-0.1, -0.05) is 27.2 Å². The molecule has 0 aromatic rings. The number of carbonyl (C=O) groups is 1. The van der Waals surface area contributed by atoms with E-state index in [0.717, 1.165) is 12.8 Å². The minimum Gasteiger partial charge on any atom is -0.344 e. The molecule has 0 aromatic heterocycles. The molecule has 0 N–H and O–H groups in total. The number of ketones is 1. The van der Waals surface area contributed by atoms with Crippen LogP contribution >= 0.6 is 0 Å². The summed E-state index contributed by atoms with van der Waals surface area (Å²) in [5, 5.41) is 0. The maximum Gasteiger partial charge on any atom is 0.164 e. The third kappa shape index (κ3) is 3.29. The second-order valence-electron chi connectivity index (χ2n) is 5.33. The van der Waals surface area contributed by atoms with Crippen LogP contribution in [0.3, 0.4) is 0 Å². The quantitative estimate of drug-likeness (QED) is 0.725. The molecule has 0 amide bonds. The second-order valence-corrected chi connectivity index (χ2v) is 5.33. The highest BCUT2D eigenvalue weighted by molar-refractivity contribution is 5.84. The summed E-state index contributed by atoms with van der Waals surface area (Å²) in [5.41, 5.74) is 0. The number of hydrogen-bond acceptors (Lipinski definition) is 3. The summed E-state index contributed by atoms with van der Waals surface area (Å²) in [5.74, 6) is -0.134. The summed E-state index contributed by atoms with van der Waals surface area (Å²) >= 11 is 0. The highest BCUT2D eigenvalue weighted by Crippen LogP contribution is 2.33. The van der Waals surface area contributed by atoms with Crippen molar-refractivity contribution in [3.63, 3.8) is 0 Å². The Morgan fingerprint density at radius 2 is 1.94 bits per heavy atom. The standard InChI is InChI=1S/C13H24O3/c1-6-7-8-10(14)12-11(9(2)3)15-13(4,5)16-12/h9,11-12H,6-8H2,1-5H3/t11-,12-/m1/s1. The molecule has 0 spiro atoms. The molecule has 0 aliphatic carbocycles. The van der Waals surface area contributed by atoms with Gasteiger partial charge in [0.2, 0.25) is 0 Å². The lowest BCUT2D eigenvalue weighted by molar-refractivity contribution is -0.156. The van der Waals surface area contributed by atoms with Crippen LogP contribution in [0.15, 0.2) is 0 Å². The molecule has 2 atom stereocenters. The van der Waals surface area contributed by atoms with E-state index < -0.39 is 5.79 Å². The van der Waals surface area contributed by atoms with Gasteiger partial charge in [0, 0.05) is 6.42 Å². The summed E-state index contributed by atoms with van der Waals surface area (Å²) < 4.78 is 11.5. The molecule has 1 saturated heterocycles. The smallest absolute Gasteiger partial charge is 0.164 e. The first-order chi connectivity index (χ1) is 7.37. The maximum absolute atomic E-state index is 12.0. The first kappa shape index (κ1) is 13.7. The van der Waals surface area contributed by atoms with E-state index in [1.165, 1.54) is 0 Å². The first-order valence-corrected chi connectivity index (χ1v) is 6.25. The van der Waals surface area contributed by atoms with Gasteiger partial charge in [-0.2, -0.15) is 0 Å². The van der Waals surface area contributed by atoms with E-state index in [9.17, 15) is 4.79 Å². The van der Waals surface area contributed by atoms with Crippen molar-refractivity contribution in [1.29, 1.82) is 0 Å². The van der Waals surface area contributed by atoms with Crippen LogP contribution in [-0.2, 0) is 14.3 Å². The number of carbonyl (C=O) groups excluding carboxylic acids is 1. The van der Waals surface area contributed by atoms with Crippen molar-refractivity contribution in [3.05, 3.63) is 0 Å². The van der Waals surface area contributed by atoms with E-state index in [2.05, 4.69) is 20.8 Å². The van der Waals surface area contributed by atoms with E-state index in [0.29, 0.717) is 12.3 Å². The number of ether oxygens (including phenoxy) is 2. The minimum absolute atomic E-state index is 0.0978. The molecular formula is C13H24O3. The van der Waals surface area contributed by atoms with Gasteiger partial charge in [-0.3, -0.25) is 4.79 Å². The van der Waals surface area contributed by atoms with Crippen molar-refractivity contribution >= 4 is 5.78 Å². The van der Waals surface area contributed by atoms with Gasteiger partial charge in [0.15, 0.2) is 11.6 Å². The molecular weight excluding hydrogens is 204 g/mol. The molecule has 1 aliphatic rings. The van der Waals surface area contributed by atoms with Gasteiger partial charge in [0.25, 0.3) is 0 Å². The fraction of sp³-hybridized carbons (Fsp3) is 0.923. The Morgan fingerprint density at radius 3 is 2.44 bits per heavy atom. The zero-order valence-corrected chi connectivity index (χ0v) is 11.1. The molecule has 1 aliphatic heterocycles. The van der Waals surface area contributed by atoms with Gasteiger partial charge >= 0.3 is 0 Å². The van der Waals surface area contributed by atoms with Crippen LogP contribution in [0.2, 0.25) is 0 Å². The monoisotopic (exact) mass is 228 g/mol. The molecule has 1 heterocycles. The summed E-state index contributed by atoms with van der Waals surface area (Å²) in [4.78, 5) is 12.0. The SMILES string of the molecule is CCCCC(=O)[C@H]1OC(C)(C)O[C@@H]1C(C)C. The summed E-state index contributed by atoms with van der Waals surface area (Å²) in [6.07, 6.45) is 2.10. The van der Waals surface area contributed by atoms with Crippen LogP contribution in [0, 0.1) is 5.92 Å². The number of unbranched alkanes of at least 4 members (excludes halogenated alkanes) is 1. The van der Waals surface area contributed by atoms with Crippen molar-refractivity contribution in [2.24, 2.45) is 5.92 Å². The Bertz CT molecular complexity index is 246. The first-order valence-electron chi connectivity index (χ1n) is 6.25. The maximum atomic E-state index is 12.0. The zero-order valence-electron chi connectivity index (χ0n) is 11.1. The molecule has 1 rings (SSSR count). The van der Waals surface area contributed by atoms with Gasteiger partial charge < -0.3 is 9.47 Å². The molecule has 3 heteroatoms. The highest BCUT2D eigenvalue weighted by atomic mass is 16.8. The van der Waals surface area contributed by atoms with Crippen LogP contribution in [0.4, 0.5) is 0 Å².